The molecular weight excluding hydrogens is 385 g/mol. The summed E-state index contributed by atoms with van der Waals surface area (Å²) in [5.74, 6) is -2.61. The van der Waals surface area contributed by atoms with Crippen LogP contribution < -0.4 is 0 Å². The van der Waals surface area contributed by atoms with Crippen LogP contribution in [0.4, 0.5) is 10.1 Å². The van der Waals surface area contributed by atoms with Crippen molar-refractivity contribution in [3.8, 4) is 0 Å². The number of hydrogen-bond acceptors (Lipinski definition) is 5. The van der Waals surface area contributed by atoms with Crippen LogP contribution in [0.3, 0.4) is 0 Å². The predicted octanol–water partition coefficient (Wildman–Crippen LogP) is 4.46. The molecule has 0 saturated heterocycles. The predicted molar refractivity (Wildman–Crippen MR) is 96.2 cm³/mol. The number of carboxylic acid groups (broad SMARTS) is 1. The lowest BCUT2D eigenvalue weighted by atomic mass is 10.1. The summed E-state index contributed by atoms with van der Waals surface area (Å²) in [6.45, 7) is 0. The number of aliphatic carboxylic acids is 1. The average Bonchev–Trinajstić information content (AvgIpc) is 2.59. The summed E-state index contributed by atoms with van der Waals surface area (Å²) in [5, 5.41) is 19.6. The Bertz CT molecular complexity index is 916. The van der Waals surface area contributed by atoms with Crippen molar-refractivity contribution < 1.29 is 24.0 Å². The van der Waals surface area contributed by atoms with E-state index in [-0.39, 0.29) is 32.5 Å². The number of non-ortho nitro benzene ring substituents is 1. The summed E-state index contributed by atoms with van der Waals surface area (Å²) in [6.07, 6.45) is 2.44. The molecular formula is C17H11ClFNO5S. The van der Waals surface area contributed by atoms with E-state index in [1.807, 2.05) is 0 Å². The maximum atomic E-state index is 13.9. The number of nitrogens with zero attached hydrogens (tertiary/aromatic N) is 1. The highest BCUT2D eigenvalue weighted by molar-refractivity contribution is 8.00. The molecule has 9 heteroatoms. The third-order valence-electron chi connectivity index (χ3n) is 3.17. The van der Waals surface area contributed by atoms with E-state index in [1.165, 1.54) is 36.4 Å². The molecule has 2 rings (SSSR count). The van der Waals surface area contributed by atoms with Gasteiger partial charge >= 0.3 is 5.97 Å². The van der Waals surface area contributed by atoms with Crippen molar-refractivity contribution in [2.75, 3.05) is 5.75 Å². The number of nitro benzene ring substituents is 1. The zero-order valence-corrected chi connectivity index (χ0v) is 14.6. The molecule has 0 aliphatic heterocycles. The van der Waals surface area contributed by atoms with Crippen LogP contribution in [0.25, 0.3) is 6.08 Å². The Morgan fingerprint density at radius 2 is 2.00 bits per heavy atom. The van der Waals surface area contributed by atoms with Crippen LogP contribution in [0.5, 0.6) is 0 Å². The second kappa shape index (κ2) is 8.59. The van der Waals surface area contributed by atoms with Crippen LogP contribution in [-0.4, -0.2) is 27.5 Å². The van der Waals surface area contributed by atoms with Crippen LogP contribution in [0.1, 0.15) is 15.9 Å². The average molecular weight is 396 g/mol. The Labute approximate surface area is 156 Å². The van der Waals surface area contributed by atoms with Gasteiger partial charge in [-0.15, -0.1) is 11.8 Å². The van der Waals surface area contributed by atoms with Gasteiger partial charge in [0.1, 0.15) is 5.82 Å². The SMILES string of the molecule is O=C(O)CSc1ccc(C(=O)/C=C/c2cc([N+](=O)[O-])ccc2Cl)cc1F. The first kappa shape index (κ1) is 19.6. The van der Waals surface area contributed by atoms with Gasteiger partial charge in [-0.05, 0) is 42.0 Å². The van der Waals surface area contributed by atoms with E-state index in [0.29, 0.717) is 0 Å². The van der Waals surface area contributed by atoms with Gasteiger partial charge in [0, 0.05) is 27.6 Å². The molecule has 0 radical (unpaired) electrons. The van der Waals surface area contributed by atoms with Gasteiger partial charge in [-0.25, -0.2) is 4.39 Å². The number of thioether (sulfide) groups is 1. The minimum atomic E-state index is -1.08. The van der Waals surface area contributed by atoms with Crippen molar-refractivity contribution in [3.63, 3.8) is 0 Å². The summed E-state index contributed by atoms with van der Waals surface area (Å²) < 4.78 is 13.9. The molecule has 2 aromatic carbocycles. The lowest BCUT2D eigenvalue weighted by molar-refractivity contribution is -0.384. The minimum Gasteiger partial charge on any atom is -0.481 e. The maximum absolute atomic E-state index is 13.9. The van der Waals surface area contributed by atoms with Gasteiger partial charge in [0.05, 0.1) is 10.7 Å². The monoisotopic (exact) mass is 395 g/mol. The normalized spacial score (nSPS) is 10.8. The molecule has 0 atom stereocenters. The number of carbonyl (C=O) groups excluding carboxylic acids is 1. The Balaban J connectivity index is 2.18. The number of carboxylic acids is 1. The highest BCUT2D eigenvalue weighted by Crippen LogP contribution is 2.25. The highest BCUT2D eigenvalue weighted by atomic mass is 35.5. The smallest absolute Gasteiger partial charge is 0.313 e. The van der Waals surface area contributed by atoms with E-state index < -0.39 is 22.5 Å². The Morgan fingerprint density at radius 3 is 2.62 bits per heavy atom. The summed E-state index contributed by atoms with van der Waals surface area (Å²) in [4.78, 5) is 33.0. The van der Waals surface area contributed by atoms with Gasteiger partial charge in [-0.2, -0.15) is 0 Å². The molecule has 0 spiro atoms. The molecule has 134 valence electrons. The summed E-state index contributed by atoms with van der Waals surface area (Å²) in [5.41, 5.74) is 0.163. The molecule has 0 bridgehead atoms. The first-order valence-corrected chi connectivity index (χ1v) is 8.45. The topological polar surface area (TPSA) is 97.5 Å². The van der Waals surface area contributed by atoms with Gasteiger partial charge < -0.3 is 5.11 Å². The molecule has 0 fully saturated rings. The van der Waals surface area contributed by atoms with Crippen molar-refractivity contribution in [2.24, 2.45) is 0 Å². The maximum Gasteiger partial charge on any atom is 0.313 e. The summed E-state index contributed by atoms with van der Waals surface area (Å²) >= 11 is 6.75. The minimum absolute atomic E-state index is 0.0555. The van der Waals surface area contributed by atoms with E-state index in [0.717, 1.165) is 23.9 Å². The number of rotatable bonds is 7. The number of ketones is 1. The van der Waals surface area contributed by atoms with Crippen molar-refractivity contribution in [1.29, 1.82) is 0 Å². The van der Waals surface area contributed by atoms with Crippen LogP contribution in [-0.2, 0) is 4.79 Å². The third kappa shape index (κ3) is 5.14. The van der Waals surface area contributed by atoms with Crippen molar-refractivity contribution in [2.45, 2.75) is 4.90 Å². The van der Waals surface area contributed by atoms with Gasteiger partial charge in [0.15, 0.2) is 5.78 Å². The van der Waals surface area contributed by atoms with Crippen LogP contribution in [0.2, 0.25) is 5.02 Å². The first-order chi connectivity index (χ1) is 12.3. The standard InChI is InChI=1S/C17H11ClFNO5S/c18-13-4-3-12(20(24)25)7-10(13)1-5-15(21)11-2-6-16(14(19)8-11)26-9-17(22)23/h1-8H,9H2,(H,22,23)/b5-1+. The molecule has 0 aromatic heterocycles. The fraction of sp³-hybridized carbons (Fsp3) is 0.0588. The van der Waals surface area contributed by atoms with E-state index >= 15 is 0 Å². The quantitative estimate of drug-likeness (QED) is 0.244. The van der Waals surface area contributed by atoms with Crippen LogP contribution in [0.15, 0.2) is 47.4 Å². The van der Waals surface area contributed by atoms with Crippen molar-refractivity contribution in [1.82, 2.24) is 0 Å². The van der Waals surface area contributed by atoms with Gasteiger partial charge in [-0.3, -0.25) is 19.7 Å². The molecule has 0 aliphatic carbocycles. The number of nitro groups is 1. The first-order valence-electron chi connectivity index (χ1n) is 7.08. The van der Waals surface area contributed by atoms with E-state index in [1.54, 1.807) is 0 Å². The molecule has 6 nitrogen and oxygen atoms in total. The second-order valence-corrected chi connectivity index (χ2v) is 6.41. The number of carbonyl (C=O) groups is 2. The van der Waals surface area contributed by atoms with Crippen molar-refractivity contribution >= 4 is 46.9 Å². The number of halogens is 2. The Kier molecular flexibility index (Phi) is 6.48. The third-order valence-corrected chi connectivity index (χ3v) is 4.55. The Morgan fingerprint density at radius 1 is 1.27 bits per heavy atom. The van der Waals surface area contributed by atoms with E-state index in [4.69, 9.17) is 16.7 Å². The van der Waals surface area contributed by atoms with Crippen LogP contribution >= 0.6 is 23.4 Å². The van der Waals surface area contributed by atoms with E-state index in [9.17, 15) is 24.1 Å². The molecule has 0 unspecified atom stereocenters. The fourth-order valence-electron chi connectivity index (χ4n) is 1.94. The molecule has 1 N–H and O–H groups in total. The lowest BCUT2D eigenvalue weighted by Gasteiger charge is -2.03. The zero-order chi connectivity index (χ0) is 19.3. The number of benzene rings is 2. The number of hydrogen-bond donors (Lipinski definition) is 1. The lowest BCUT2D eigenvalue weighted by Crippen LogP contribution is -2.00. The van der Waals surface area contributed by atoms with E-state index in [2.05, 4.69) is 0 Å². The number of allylic oxidation sites excluding steroid dienone is 1. The zero-order valence-electron chi connectivity index (χ0n) is 13.0. The van der Waals surface area contributed by atoms with Gasteiger partial charge in [0.2, 0.25) is 0 Å². The summed E-state index contributed by atoms with van der Waals surface area (Å²) in [6, 6.07) is 7.51. The second-order valence-electron chi connectivity index (χ2n) is 4.99. The summed E-state index contributed by atoms with van der Waals surface area (Å²) in [7, 11) is 0. The molecule has 0 aliphatic rings. The molecule has 0 saturated carbocycles. The Hall–Kier alpha value is -2.71. The molecule has 26 heavy (non-hydrogen) atoms. The molecule has 0 amide bonds. The largest absolute Gasteiger partial charge is 0.481 e. The van der Waals surface area contributed by atoms with Crippen molar-refractivity contribution in [3.05, 3.63) is 74.6 Å². The van der Waals surface area contributed by atoms with Gasteiger partial charge in [0.25, 0.3) is 5.69 Å². The van der Waals surface area contributed by atoms with Crippen LogP contribution in [0, 0.1) is 15.9 Å². The molecule has 2 aromatic rings. The highest BCUT2D eigenvalue weighted by Gasteiger charge is 2.11. The molecule has 0 heterocycles. The fourth-order valence-corrected chi connectivity index (χ4v) is 2.77. The van der Waals surface area contributed by atoms with Gasteiger partial charge in [-0.1, -0.05) is 11.6 Å².